The van der Waals surface area contributed by atoms with E-state index in [1.807, 2.05) is 11.3 Å². The zero-order valence-electron chi connectivity index (χ0n) is 29.6. The fraction of sp³-hybridized carbons (Fsp3) is 0.102. The third kappa shape index (κ3) is 4.46. The highest BCUT2D eigenvalue weighted by atomic mass is 32.1. The normalized spacial score (nSPS) is 14.6. The Morgan fingerprint density at radius 1 is 0.679 bits per heavy atom. The van der Waals surface area contributed by atoms with Crippen LogP contribution < -0.4 is 0 Å². The molecule has 0 spiro atoms. The van der Waals surface area contributed by atoms with Crippen LogP contribution in [0.4, 0.5) is 0 Å². The van der Waals surface area contributed by atoms with E-state index in [0.29, 0.717) is 0 Å². The zero-order chi connectivity index (χ0) is 35.3. The quantitative estimate of drug-likeness (QED) is 0.183. The highest BCUT2D eigenvalue weighted by Gasteiger charge is 2.40. The van der Waals surface area contributed by atoms with Crippen molar-refractivity contribution < 1.29 is 0 Å². The van der Waals surface area contributed by atoms with Crippen molar-refractivity contribution in [3.8, 4) is 39.5 Å². The highest BCUT2D eigenvalue weighted by molar-refractivity contribution is 7.26. The second-order valence-corrected chi connectivity index (χ2v) is 15.9. The molecule has 0 N–H and O–H groups in total. The first-order valence-electron chi connectivity index (χ1n) is 18.5. The van der Waals surface area contributed by atoms with E-state index in [1.54, 1.807) is 0 Å². The monoisotopic (exact) mass is 697 g/mol. The van der Waals surface area contributed by atoms with Crippen LogP contribution in [0.1, 0.15) is 43.5 Å². The van der Waals surface area contributed by atoms with Crippen LogP contribution in [0.5, 0.6) is 0 Å². The Kier molecular flexibility index (Phi) is 6.59. The lowest BCUT2D eigenvalue weighted by Gasteiger charge is -2.22. The summed E-state index contributed by atoms with van der Waals surface area (Å²) >= 11 is 1.95. The molecule has 2 aliphatic carbocycles. The average Bonchev–Trinajstić information content (AvgIpc) is 3.84. The number of hydrogen-bond acceptors (Lipinski definition) is 3. The number of allylic oxidation sites excluding steroid dienone is 4. The van der Waals surface area contributed by atoms with E-state index in [1.165, 1.54) is 69.8 Å². The first-order valence-corrected chi connectivity index (χ1v) is 19.3. The molecule has 3 aromatic heterocycles. The number of rotatable bonds is 4. The van der Waals surface area contributed by atoms with Gasteiger partial charge in [0.25, 0.3) is 0 Å². The van der Waals surface area contributed by atoms with Gasteiger partial charge in [0.2, 0.25) is 0 Å². The van der Waals surface area contributed by atoms with Gasteiger partial charge in [0.1, 0.15) is 0 Å². The molecule has 6 aromatic carbocycles. The van der Waals surface area contributed by atoms with Gasteiger partial charge in [0.05, 0.1) is 22.4 Å². The van der Waals surface area contributed by atoms with Gasteiger partial charge in [0, 0.05) is 58.7 Å². The van der Waals surface area contributed by atoms with Gasteiger partial charge < -0.3 is 4.57 Å². The van der Waals surface area contributed by atoms with Gasteiger partial charge in [-0.3, -0.25) is 0 Å². The molecule has 0 fully saturated rings. The Bertz CT molecular complexity index is 3010. The summed E-state index contributed by atoms with van der Waals surface area (Å²) in [7, 11) is 0. The van der Waals surface area contributed by atoms with Crippen molar-refractivity contribution in [3.05, 3.63) is 169 Å². The average molecular weight is 698 g/mol. The topological polar surface area (TPSA) is 30.7 Å². The lowest BCUT2D eigenvalue weighted by molar-refractivity contribution is 0.667. The fourth-order valence-corrected chi connectivity index (χ4v) is 10.4. The molecule has 0 saturated heterocycles. The minimum atomic E-state index is -0.146. The summed E-state index contributed by atoms with van der Waals surface area (Å²) in [5, 5.41) is 5.32. The lowest BCUT2D eigenvalue weighted by Crippen LogP contribution is -2.15. The molecular formula is C49H35N3S. The third-order valence-electron chi connectivity index (χ3n) is 11.5. The Labute approximate surface area is 312 Å². The Balaban J connectivity index is 1.18. The fourth-order valence-electron chi connectivity index (χ4n) is 9.01. The molecule has 0 saturated carbocycles. The van der Waals surface area contributed by atoms with Crippen molar-refractivity contribution >= 4 is 58.9 Å². The molecule has 2 aliphatic rings. The number of benzene rings is 6. The summed E-state index contributed by atoms with van der Waals surface area (Å²) in [5.74, 6) is 0.744. The number of para-hydroxylation sites is 1. The van der Waals surface area contributed by atoms with Gasteiger partial charge in [-0.15, -0.1) is 11.3 Å². The molecule has 0 amide bonds. The zero-order valence-corrected chi connectivity index (χ0v) is 30.4. The van der Waals surface area contributed by atoms with Gasteiger partial charge in [-0.25, -0.2) is 9.97 Å². The second kappa shape index (κ2) is 11.4. The molecule has 0 aliphatic heterocycles. The molecule has 4 heteroatoms. The molecule has 9 aromatic rings. The lowest BCUT2D eigenvalue weighted by atomic mass is 9.81. The van der Waals surface area contributed by atoms with Gasteiger partial charge in [-0.05, 0) is 77.6 Å². The van der Waals surface area contributed by atoms with E-state index < -0.39 is 0 Å². The van der Waals surface area contributed by atoms with E-state index in [9.17, 15) is 0 Å². The summed E-state index contributed by atoms with van der Waals surface area (Å²) in [5.41, 5.74) is 14.3. The summed E-state index contributed by atoms with van der Waals surface area (Å²) in [6.07, 6.45) is 8.56. The molecule has 0 radical (unpaired) electrons. The molecule has 53 heavy (non-hydrogen) atoms. The van der Waals surface area contributed by atoms with Crippen LogP contribution in [0.2, 0.25) is 0 Å². The van der Waals surface area contributed by atoms with E-state index in [2.05, 4.69) is 170 Å². The molecule has 0 atom stereocenters. The third-order valence-corrected chi connectivity index (χ3v) is 12.6. The van der Waals surface area contributed by atoms with Crippen molar-refractivity contribution in [2.45, 2.75) is 32.1 Å². The Morgan fingerprint density at radius 2 is 1.42 bits per heavy atom. The van der Waals surface area contributed by atoms with Gasteiger partial charge in [0.15, 0.2) is 5.82 Å². The van der Waals surface area contributed by atoms with Crippen LogP contribution in [0.15, 0.2) is 152 Å². The number of nitrogens with zero attached hydrogens (tertiary/aromatic N) is 3. The first-order chi connectivity index (χ1) is 26.1. The smallest absolute Gasteiger partial charge is 0.160 e. The maximum Gasteiger partial charge on any atom is 0.160 e. The molecule has 0 bridgehead atoms. The van der Waals surface area contributed by atoms with Crippen molar-refractivity contribution in [2.75, 3.05) is 0 Å². The molecular weight excluding hydrogens is 663 g/mol. The van der Waals surface area contributed by atoms with Crippen molar-refractivity contribution in [1.29, 1.82) is 0 Å². The standard InChI is InChI=1S/C49H35N3S/c1-49(2)37-22-12-9-19-34(37)44-45(49)47-43(36-21-11-14-24-41(36)53-47)42-35-20-10-13-23-40(35)52(46(42)44)33-27-25-32(26-28-33)48-50-38(30-15-5-3-6-16-30)29-39(51-48)31-17-7-4-8-18-31/h3-7,9-17,19-29H,8,18H2,1-2H3. The van der Waals surface area contributed by atoms with Gasteiger partial charge >= 0.3 is 0 Å². The maximum atomic E-state index is 5.17. The van der Waals surface area contributed by atoms with Crippen molar-refractivity contribution in [1.82, 2.24) is 14.5 Å². The predicted octanol–water partition coefficient (Wildman–Crippen LogP) is 13.3. The van der Waals surface area contributed by atoms with E-state index >= 15 is 0 Å². The Morgan fingerprint density at radius 3 is 2.25 bits per heavy atom. The molecule has 252 valence electrons. The van der Waals surface area contributed by atoms with Crippen LogP contribution in [0.25, 0.3) is 87.0 Å². The predicted molar refractivity (Wildman–Crippen MR) is 224 cm³/mol. The first kappa shape index (κ1) is 30.5. The minimum absolute atomic E-state index is 0.146. The molecule has 11 rings (SSSR count). The van der Waals surface area contributed by atoms with Crippen molar-refractivity contribution in [3.63, 3.8) is 0 Å². The molecule has 0 unspecified atom stereocenters. The number of aromatic nitrogens is 3. The summed E-state index contributed by atoms with van der Waals surface area (Å²) in [6.45, 7) is 4.82. The van der Waals surface area contributed by atoms with E-state index in [4.69, 9.17) is 9.97 Å². The van der Waals surface area contributed by atoms with Crippen LogP contribution in [-0.4, -0.2) is 14.5 Å². The van der Waals surface area contributed by atoms with E-state index in [-0.39, 0.29) is 5.41 Å². The van der Waals surface area contributed by atoms with Crippen LogP contribution in [0, 0.1) is 0 Å². The van der Waals surface area contributed by atoms with Gasteiger partial charge in [-0.2, -0.15) is 0 Å². The molecule has 3 nitrogen and oxygen atoms in total. The largest absolute Gasteiger partial charge is 0.309 e. The SMILES string of the molecule is CC1(C)c2ccccc2-c2c1c1sc3ccccc3c1c1c3ccccc3n(-c3ccc(-c4nc(C5=CC=CCC5)cc(-c5ccccc5)n4)cc3)c21. The van der Waals surface area contributed by atoms with Crippen LogP contribution >= 0.6 is 11.3 Å². The maximum absolute atomic E-state index is 5.17. The van der Waals surface area contributed by atoms with E-state index in [0.717, 1.165) is 46.9 Å². The molecule has 3 heterocycles. The van der Waals surface area contributed by atoms with Crippen LogP contribution in [0.3, 0.4) is 0 Å². The Hall–Kier alpha value is -6.10. The van der Waals surface area contributed by atoms with Crippen LogP contribution in [-0.2, 0) is 5.41 Å². The summed E-state index contributed by atoms with van der Waals surface area (Å²) < 4.78 is 5.26. The summed E-state index contributed by atoms with van der Waals surface area (Å²) in [6, 6.07) is 48.5. The number of thiophene rings is 1. The number of fused-ring (bicyclic) bond motifs is 12. The second-order valence-electron chi connectivity index (χ2n) is 14.8. The van der Waals surface area contributed by atoms with Crippen molar-refractivity contribution in [2.24, 2.45) is 0 Å². The minimum Gasteiger partial charge on any atom is -0.309 e. The number of hydrogen-bond donors (Lipinski definition) is 0. The van der Waals surface area contributed by atoms with Gasteiger partial charge in [-0.1, -0.05) is 123 Å². The summed E-state index contributed by atoms with van der Waals surface area (Å²) in [4.78, 5) is 10.3. The highest BCUT2D eigenvalue weighted by Crippen LogP contribution is 2.58.